The minimum atomic E-state index is -0.793. The quantitative estimate of drug-likeness (QED) is 0.850. The number of amides is 1. The van der Waals surface area contributed by atoms with Gasteiger partial charge in [0.15, 0.2) is 0 Å². The first kappa shape index (κ1) is 11.7. The molecule has 0 atom stereocenters. The van der Waals surface area contributed by atoms with Crippen molar-refractivity contribution in [2.24, 2.45) is 5.92 Å². The van der Waals surface area contributed by atoms with E-state index in [1.165, 1.54) is 0 Å². The van der Waals surface area contributed by atoms with Crippen LogP contribution in [0.25, 0.3) is 0 Å². The van der Waals surface area contributed by atoms with Crippen LogP contribution in [0.3, 0.4) is 0 Å². The number of carboxylic acid groups (broad SMARTS) is 1. The van der Waals surface area contributed by atoms with Crippen LogP contribution in [0.2, 0.25) is 0 Å². The molecule has 17 heavy (non-hydrogen) atoms. The topological polar surface area (TPSA) is 62.5 Å². The number of aryl methyl sites for hydroxylation is 1. The van der Waals surface area contributed by atoms with Gasteiger partial charge in [-0.1, -0.05) is 0 Å². The maximum atomic E-state index is 12.1. The first-order valence-electron chi connectivity index (χ1n) is 5.78. The van der Waals surface area contributed by atoms with Crippen molar-refractivity contribution >= 4 is 11.9 Å². The minimum Gasteiger partial charge on any atom is -0.481 e. The molecular weight excluding hydrogens is 220 g/mol. The molecular formula is C12H16N2O3. The third kappa shape index (κ3) is 2.33. The summed E-state index contributed by atoms with van der Waals surface area (Å²) in [5.74, 6) is -0.681. The highest BCUT2D eigenvalue weighted by Gasteiger charge is 2.33. The molecule has 1 aromatic heterocycles. The average molecular weight is 236 g/mol. The zero-order valence-corrected chi connectivity index (χ0v) is 9.80. The summed E-state index contributed by atoms with van der Waals surface area (Å²) in [6.07, 6.45) is 2.03. The summed E-state index contributed by atoms with van der Waals surface area (Å²) in [5, 5.41) is 8.63. The Balaban J connectivity index is 1.93. The van der Waals surface area contributed by atoms with Crippen LogP contribution in [0.15, 0.2) is 18.3 Å². The zero-order chi connectivity index (χ0) is 12.4. The highest BCUT2D eigenvalue weighted by molar-refractivity contribution is 5.93. The van der Waals surface area contributed by atoms with Crippen molar-refractivity contribution < 1.29 is 14.7 Å². The van der Waals surface area contributed by atoms with Crippen molar-refractivity contribution in [2.45, 2.75) is 19.9 Å². The lowest BCUT2D eigenvalue weighted by molar-refractivity contribution is -0.139. The standard InChI is InChI=1S/C12H16N2O3/c1-2-13-5-3-4-10(13)12(17)14-7-9(8-14)6-11(15)16/h3-5,9H,2,6-8H2,1H3,(H,15,16). The van der Waals surface area contributed by atoms with Gasteiger partial charge in [-0.25, -0.2) is 0 Å². The SMILES string of the molecule is CCn1cccc1C(=O)N1CC(CC(=O)O)C1. The lowest BCUT2D eigenvalue weighted by Crippen LogP contribution is -2.51. The van der Waals surface area contributed by atoms with Crippen LogP contribution >= 0.6 is 0 Å². The van der Waals surface area contributed by atoms with E-state index in [1.807, 2.05) is 23.8 Å². The van der Waals surface area contributed by atoms with Crippen LogP contribution in [0.5, 0.6) is 0 Å². The molecule has 2 rings (SSSR count). The third-order valence-electron chi connectivity index (χ3n) is 3.10. The Kier molecular flexibility index (Phi) is 3.17. The van der Waals surface area contributed by atoms with Gasteiger partial charge in [0.2, 0.25) is 0 Å². The second kappa shape index (κ2) is 4.61. The molecule has 0 radical (unpaired) electrons. The number of hydrogen-bond acceptors (Lipinski definition) is 2. The van der Waals surface area contributed by atoms with Gasteiger partial charge in [0.1, 0.15) is 5.69 Å². The van der Waals surface area contributed by atoms with Crippen LogP contribution < -0.4 is 0 Å². The predicted octanol–water partition coefficient (Wildman–Crippen LogP) is 1.05. The Hall–Kier alpha value is -1.78. The number of aromatic nitrogens is 1. The Morgan fingerprint density at radius 3 is 2.76 bits per heavy atom. The van der Waals surface area contributed by atoms with E-state index < -0.39 is 5.97 Å². The molecule has 0 aromatic carbocycles. The molecule has 1 aliphatic heterocycles. The average Bonchev–Trinajstić information content (AvgIpc) is 2.69. The highest BCUT2D eigenvalue weighted by atomic mass is 16.4. The zero-order valence-electron chi connectivity index (χ0n) is 9.80. The number of carbonyl (C=O) groups excluding carboxylic acids is 1. The Morgan fingerprint density at radius 2 is 2.18 bits per heavy atom. The molecule has 1 amide bonds. The number of carboxylic acids is 1. The van der Waals surface area contributed by atoms with Gasteiger partial charge >= 0.3 is 5.97 Å². The number of hydrogen-bond donors (Lipinski definition) is 1. The molecule has 5 nitrogen and oxygen atoms in total. The third-order valence-corrected chi connectivity index (χ3v) is 3.10. The molecule has 1 N–H and O–H groups in total. The smallest absolute Gasteiger partial charge is 0.303 e. The largest absolute Gasteiger partial charge is 0.481 e. The Labute approximate surface area is 99.6 Å². The molecule has 0 spiro atoms. The van der Waals surface area contributed by atoms with Crippen LogP contribution in [0, 0.1) is 5.92 Å². The molecule has 0 bridgehead atoms. The van der Waals surface area contributed by atoms with E-state index in [1.54, 1.807) is 11.0 Å². The van der Waals surface area contributed by atoms with E-state index in [0.29, 0.717) is 18.8 Å². The summed E-state index contributed by atoms with van der Waals surface area (Å²) in [5.41, 5.74) is 0.682. The normalized spacial score (nSPS) is 15.7. The molecule has 5 heteroatoms. The van der Waals surface area contributed by atoms with Crippen molar-refractivity contribution in [2.75, 3.05) is 13.1 Å². The summed E-state index contributed by atoms with van der Waals surface area (Å²) in [6.45, 7) is 3.86. The molecule has 0 aliphatic carbocycles. The molecule has 0 unspecified atom stereocenters. The monoisotopic (exact) mass is 236 g/mol. The lowest BCUT2D eigenvalue weighted by Gasteiger charge is -2.38. The Morgan fingerprint density at radius 1 is 1.47 bits per heavy atom. The summed E-state index contributed by atoms with van der Waals surface area (Å²) in [4.78, 5) is 24.3. The highest BCUT2D eigenvalue weighted by Crippen LogP contribution is 2.21. The van der Waals surface area contributed by atoms with Crippen molar-refractivity contribution in [1.29, 1.82) is 0 Å². The van der Waals surface area contributed by atoms with Crippen molar-refractivity contribution in [1.82, 2.24) is 9.47 Å². The van der Waals surface area contributed by atoms with Gasteiger partial charge in [0.25, 0.3) is 5.91 Å². The van der Waals surface area contributed by atoms with E-state index in [4.69, 9.17) is 5.11 Å². The predicted molar refractivity (Wildman–Crippen MR) is 61.8 cm³/mol. The maximum absolute atomic E-state index is 12.1. The second-order valence-corrected chi connectivity index (χ2v) is 4.35. The van der Waals surface area contributed by atoms with Gasteiger partial charge in [-0.15, -0.1) is 0 Å². The molecule has 0 saturated carbocycles. The van der Waals surface area contributed by atoms with E-state index in [0.717, 1.165) is 6.54 Å². The van der Waals surface area contributed by atoms with Gasteiger partial charge in [0.05, 0.1) is 6.42 Å². The summed E-state index contributed by atoms with van der Waals surface area (Å²) in [7, 11) is 0. The van der Waals surface area contributed by atoms with Crippen molar-refractivity contribution in [3.8, 4) is 0 Å². The van der Waals surface area contributed by atoms with Crippen LogP contribution in [0.4, 0.5) is 0 Å². The van der Waals surface area contributed by atoms with Crippen LogP contribution in [-0.4, -0.2) is 39.5 Å². The van der Waals surface area contributed by atoms with Crippen LogP contribution in [-0.2, 0) is 11.3 Å². The first-order valence-corrected chi connectivity index (χ1v) is 5.78. The van der Waals surface area contributed by atoms with Crippen LogP contribution in [0.1, 0.15) is 23.8 Å². The molecule has 92 valence electrons. The number of carbonyl (C=O) groups is 2. The fraction of sp³-hybridized carbons (Fsp3) is 0.500. The lowest BCUT2D eigenvalue weighted by atomic mass is 9.96. The maximum Gasteiger partial charge on any atom is 0.303 e. The molecule has 2 heterocycles. The fourth-order valence-corrected chi connectivity index (χ4v) is 2.16. The van der Waals surface area contributed by atoms with Gasteiger partial charge in [-0.05, 0) is 19.1 Å². The van der Waals surface area contributed by atoms with Gasteiger partial charge in [-0.2, -0.15) is 0 Å². The second-order valence-electron chi connectivity index (χ2n) is 4.35. The molecule has 1 fully saturated rings. The van der Waals surface area contributed by atoms with Gasteiger partial charge < -0.3 is 14.6 Å². The first-order chi connectivity index (χ1) is 8.11. The number of likely N-dealkylation sites (tertiary alicyclic amines) is 1. The van der Waals surface area contributed by atoms with E-state index in [2.05, 4.69) is 0 Å². The fourth-order valence-electron chi connectivity index (χ4n) is 2.16. The van der Waals surface area contributed by atoms with Gasteiger partial charge in [0, 0.05) is 31.7 Å². The van der Waals surface area contributed by atoms with Crippen molar-refractivity contribution in [3.63, 3.8) is 0 Å². The summed E-state index contributed by atoms with van der Waals surface area (Å²) in [6, 6.07) is 3.65. The van der Waals surface area contributed by atoms with E-state index >= 15 is 0 Å². The van der Waals surface area contributed by atoms with Crippen molar-refractivity contribution in [3.05, 3.63) is 24.0 Å². The van der Waals surface area contributed by atoms with E-state index in [-0.39, 0.29) is 18.2 Å². The molecule has 1 aliphatic rings. The number of aliphatic carboxylic acids is 1. The molecule has 1 saturated heterocycles. The summed E-state index contributed by atoms with van der Waals surface area (Å²) < 4.78 is 1.90. The minimum absolute atomic E-state index is 0.00140. The van der Waals surface area contributed by atoms with E-state index in [9.17, 15) is 9.59 Å². The number of nitrogens with zero attached hydrogens (tertiary/aromatic N) is 2. The Bertz CT molecular complexity index is 433. The molecule has 1 aromatic rings. The number of rotatable bonds is 4. The summed E-state index contributed by atoms with van der Waals surface area (Å²) >= 11 is 0. The van der Waals surface area contributed by atoms with Gasteiger partial charge in [-0.3, -0.25) is 9.59 Å².